The number of aryl methyl sites for hydroxylation is 1. The number of fused-ring (bicyclic) bond motifs is 3. The van der Waals surface area contributed by atoms with Crippen molar-refractivity contribution in [3.05, 3.63) is 35.5 Å². The van der Waals surface area contributed by atoms with Crippen molar-refractivity contribution in [3.8, 4) is 0 Å². The molecule has 0 unspecified atom stereocenters. The van der Waals surface area contributed by atoms with Crippen LogP contribution in [0.25, 0.3) is 10.9 Å². The van der Waals surface area contributed by atoms with Gasteiger partial charge in [0.25, 0.3) is 0 Å². The van der Waals surface area contributed by atoms with Crippen molar-refractivity contribution in [1.82, 2.24) is 10.3 Å². The van der Waals surface area contributed by atoms with Crippen LogP contribution in [-0.2, 0) is 22.4 Å². The number of benzene rings is 1. The second-order valence-corrected chi connectivity index (χ2v) is 6.45. The van der Waals surface area contributed by atoms with Gasteiger partial charge in [-0.15, -0.1) is 0 Å². The summed E-state index contributed by atoms with van der Waals surface area (Å²) in [5, 5.41) is 4.87. The zero-order valence-corrected chi connectivity index (χ0v) is 14.0. The number of para-hydroxylation sites is 1. The molecule has 3 rings (SSSR count). The molecule has 1 heterocycles. The first-order valence-electron chi connectivity index (χ1n) is 8.65. The van der Waals surface area contributed by atoms with Gasteiger partial charge in [-0.2, -0.15) is 0 Å². The molecule has 2 aromatic rings. The smallest absolute Gasteiger partial charge is 0.322 e. The largest absolute Gasteiger partial charge is 0.468 e. The van der Waals surface area contributed by atoms with E-state index in [-0.39, 0.29) is 12.0 Å². The van der Waals surface area contributed by atoms with Gasteiger partial charge in [0.1, 0.15) is 6.04 Å². The van der Waals surface area contributed by atoms with E-state index in [0.29, 0.717) is 6.04 Å². The number of unbranched alkanes of at least 4 members (excludes halogenated alkanes) is 1. The van der Waals surface area contributed by atoms with Gasteiger partial charge in [-0.1, -0.05) is 38.0 Å². The first-order valence-corrected chi connectivity index (χ1v) is 8.65. The number of nitrogens with one attached hydrogen (secondary N) is 2. The number of methoxy groups -OCH3 is 1. The standard InChI is InChI=1S/C19H26N2O2/c1-3-4-8-18(19(22)23-2)20-13-10-11-17-15(12-13)14-7-5-6-9-16(14)21-17/h5-7,9,13,18,20-21H,3-4,8,10-12H2,1-2H3/t13-,18-/m0/s1. The van der Waals surface area contributed by atoms with Gasteiger partial charge >= 0.3 is 5.97 Å². The third-order valence-electron chi connectivity index (χ3n) is 4.86. The Kier molecular flexibility index (Phi) is 5.01. The van der Waals surface area contributed by atoms with E-state index in [1.807, 2.05) is 0 Å². The number of carbonyl (C=O) groups excluding carboxylic acids is 1. The van der Waals surface area contributed by atoms with Gasteiger partial charge in [0.05, 0.1) is 7.11 Å². The summed E-state index contributed by atoms with van der Waals surface area (Å²) in [5.41, 5.74) is 3.98. The van der Waals surface area contributed by atoms with Gasteiger partial charge in [0.15, 0.2) is 0 Å². The van der Waals surface area contributed by atoms with Crippen molar-refractivity contribution in [2.75, 3.05) is 7.11 Å². The number of carbonyl (C=O) groups is 1. The number of H-pyrrole nitrogens is 1. The zero-order valence-electron chi connectivity index (χ0n) is 14.0. The normalized spacial score (nSPS) is 18.6. The van der Waals surface area contributed by atoms with Crippen LogP contribution in [0.5, 0.6) is 0 Å². The SMILES string of the molecule is CCCC[C@H](N[C@H]1CCc2[nH]c3ccccc3c2C1)C(=O)OC. The highest BCUT2D eigenvalue weighted by molar-refractivity contribution is 5.85. The number of rotatable bonds is 6. The quantitative estimate of drug-likeness (QED) is 0.804. The van der Waals surface area contributed by atoms with Crippen molar-refractivity contribution in [2.24, 2.45) is 0 Å². The van der Waals surface area contributed by atoms with Crippen LogP contribution in [0.15, 0.2) is 24.3 Å². The number of ether oxygens (including phenoxy) is 1. The molecule has 0 radical (unpaired) electrons. The molecule has 1 aromatic heterocycles. The van der Waals surface area contributed by atoms with Crippen LogP contribution in [0.1, 0.15) is 43.9 Å². The highest BCUT2D eigenvalue weighted by Crippen LogP contribution is 2.29. The van der Waals surface area contributed by atoms with Gasteiger partial charge < -0.3 is 15.0 Å². The van der Waals surface area contributed by atoms with Crippen LogP contribution < -0.4 is 5.32 Å². The molecule has 1 aliphatic rings. The van der Waals surface area contributed by atoms with Crippen LogP contribution in [-0.4, -0.2) is 30.1 Å². The Hall–Kier alpha value is -1.81. The molecule has 0 amide bonds. The maximum atomic E-state index is 12.0. The number of aromatic amines is 1. The Morgan fingerprint density at radius 3 is 3.04 bits per heavy atom. The third-order valence-corrected chi connectivity index (χ3v) is 4.86. The molecular weight excluding hydrogens is 288 g/mol. The van der Waals surface area contributed by atoms with Gasteiger partial charge in [-0.05, 0) is 37.3 Å². The predicted molar refractivity (Wildman–Crippen MR) is 92.6 cm³/mol. The molecule has 2 atom stereocenters. The maximum absolute atomic E-state index is 12.0. The molecular formula is C19H26N2O2. The summed E-state index contributed by atoms with van der Waals surface area (Å²) in [6.07, 6.45) is 6.03. The molecule has 124 valence electrons. The highest BCUT2D eigenvalue weighted by atomic mass is 16.5. The topological polar surface area (TPSA) is 54.1 Å². The van der Waals surface area contributed by atoms with Crippen LogP contribution >= 0.6 is 0 Å². The van der Waals surface area contributed by atoms with Gasteiger partial charge in [-0.3, -0.25) is 4.79 Å². The Morgan fingerprint density at radius 1 is 1.43 bits per heavy atom. The van der Waals surface area contributed by atoms with Crippen LogP contribution in [0.2, 0.25) is 0 Å². The lowest BCUT2D eigenvalue weighted by Gasteiger charge is -2.27. The Balaban J connectivity index is 1.74. The third kappa shape index (κ3) is 3.42. The van der Waals surface area contributed by atoms with Crippen molar-refractivity contribution in [2.45, 2.75) is 57.5 Å². The van der Waals surface area contributed by atoms with Crippen molar-refractivity contribution in [3.63, 3.8) is 0 Å². The number of hydrogen-bond acceptors (Lipinski definition) is 3. The molecule has 0 saturated carbocycles. The molecule has 0 fully saturated rings. The summed E-state index contributed by atoms with van der Waals surface area (Å²) >= 11 is 0. The van der Waals surface area contributed by atoms with Crippen LogP contribution in [0, 0.1) is 0 Å². The van der Waals surface area contributed by atoms with Crippen molar-refractivity contribution in [1.29, 1.82) is 0 Å². The number of aromatic nitrogens is 1. The maximum Gasteiger partial charge on any atom is 0.322 e. The Labute approximate surface area is 137 Å². The molecule has 0 saturated heterocycles. The summed E-state index contributed by atoms with van der Waals surface area (Å²) in [6.45, 7) is 2.15. The fourth-order valence-electron chi connectivity index (χ4n) is 3.62. The lowest BCUT2D eigenvalue weighted by atomic mass is 9.90. The first kappa shape index (κ1) is 16.1. The predicted octanol–water partition coefficient (Wildman–Crippen LogP) is 3.35. The number of hydrogen-bond donors (Lipinski definition) is 2. The molecule has 1 aliphatic carbocycles. The second kappa shape index (κ2) is 7.18. The average molecular weight is 314 g/mol. The molecule has 4 heteroatoms. The van der Waals surface area contributed by atoms with E-state index >= 15 is 0 Å². The summed E-state index contributed by atoms with van der Waals surface area (Å²) < 4.78 is 4.97. The minimum Gasteiger partial charge on any atom is -0.468 e. The summed E-state index contributed by atoms with van der Waals surface area (Å²) in [6, 6.07) is 8.62. The average Bonchev–Trinajstić information content (AvgIpc) is 2.96. The molecule has 2 N–H and O–H groups in total. The Morgan fingerprint density at radius 2 is 2.26 bits per heavy atom. The van der Waals surface area contributed by atoms with Crippen molar-refractivity contribution < 1.29 is 9.53 Å². The summed E-state index contributed by atoms with van der Waals surface area (Å²) in [5.74, 6) is -0.136. The van der Waals surface area contributed by atoms with E-state index in [9.17, 15) is 4.79 Å². The van der Waals surface area contributed by atoms with E-state index < -0.39 is 0 Å². The highest BCUT2D eigenvalue weighted by Gasteiger charge is 2.27. The lowest BCUT2D eigenvalue weighted by Crippen LogP contribution is -2.46. The molecule has 23 heavy (non-hydrogen) atoms. The molecule has 4 nitrogen and oxygen atoms in total. The fraction of sp³-hybridized carbons (Fsp3) is 0.526. The van der Waals surface area contributed by atoms with Gasteiger partial charge in [-0.25, -0.2) is 0 Å². The molecule has 0 spiro atoms. The molecule has 1 aromatic carbocycles. The van der Waals surface area contributed by atoms with E-state index in [1.165, 1.54) is 29.3 Å². The minimum atomic E-state index is -0.184. The Bertz CT molecular complexity index is 677. The van der Waals surface area contributed by atoms with Gasteiger partial charge in [0.2, 0.25) is 0 Å². The van der Waals surface area contributed by atoms with Crippen LogP contribution in [0.3, 0.4) is 0 Å². The zero-order chi connectivity index (χ0) is 16.2. The van der Waals surface area contributed by atoms with Crippen molar-refractivity contribution >= 4 is 16.9 Å². The summed E-state index contributed by atoms with van der Waals surface area (Å²) in [4.78, 5) is 15.5. The van der Waals surface area contributed by atoms with E-state index in [0.717, 1.165) is 38.5 Å². The second-order valence-electron chi connectivity index (χ2n) is 6.45. The molecule has 0 aliphatic heterocycles. The summed E-state index contributed by atoms with van der Waals surface area (Å²) in [7, 11) is 1.47. The van der Waals surface area contributed by atoms with E-state index in [4.69, 9.17) is 4.74 Å². The van der Waals surface area contributed by atoms with Gasteiger partial charge in [0, 0.05) is 22.6 Å². The van der Waals surface area contributed by atoms with E-state index in [1.54, 1.807) is 0 Å². The first-order chi connectivity index (χ1) is 11.2. The number of esters is 1. The fourth-order valence-corrected chi connectivity index (χ4v) is 3.62. The van der Waals surface area contributed by atoms with Crippen LogP contribution in [0.4, 0.5) is 0 Å². The lowest BCUT2D eigenvalue weighted by molar-refractivity contribution is -0.143. The minimum absolute atomic E-state index is 0.136. The molecule has 0 bridgehead atoms. The van der Waals surface area contributed by atoms with E-state index in [2.05, 4.69) is 41.5 Å². The monoisotopic (exact) mass is 314 g/mol.